The van der Waals surface area contributed by atoms with Crippen molar-refractivity contribution in [1.29, 1.82) is 0 Å². The van der Waals surface area contributed by atoms with E-state index in [1.54, 1.807) is 0 Å². The number of hydrogen-bond acceptors (Lipinski definition) is 2. The molecule has 0 aliphatic carbocycles. The monoisotopic (exact) mass is 248 g/mol. The van der Waals surface area contributed by atoms with Gasteiger partial charge in [0.1, 0.15) is 5.82 Å². The molecule has 92 valence electrons. The summed E-state index contributed by atoms with van der Waals surface area (Å²) in [5.41, 5.74) is -1.31. The highest BCUT2D eigenvalue weighted by Crippen LogP contribution is 2.32. The van der Waals surface area contributed by atoms with Crippen LogP contribution in [0.1, 0.15) is 11.1 Å². The first-order valence-electron chi connectivity index (χ1n) is 4.47. The Morgan fingerprint density at radius 2 is 2.00 bits per heavy atom. The molecule has 0 saturated heterocycles. The smallest absolute Gasteiger partial charge is 0.419 e. The molecule has 1 aromatic carbocycles. The standard InChI is InChI=1S/C11H8F4O2/c1-17-10(16)5-3-7-2-4-9(12)8(6-7)11(13,14)15/h2-6H,1H3. The third-order valence-corrected chi connectivity index (χ3v) is 1.91. The first kappa shape index (κ1) is 13.2. The van der Waals surface area contributed by atoms with Crippen LogP contribution in [0.5, 0.6) is 0 Å². The number of carbonyl (C=O) groups excluding carboxylic acids is 1. The van der Waals surface area contributed by atoms with Crippen molar-refractivity contribution in [3.8, 4) is 0 Å². The van der Waals surface area contributed by atoms with Gasteiger partial charge in [0.2, 0.25) is 0 Å². The molecule has 2 nitrogen and oxygen atoms in total. The largest absolute Gasteiger partial charge is 0.466 e. The summed E-state index contributed by atoms with van der Waals surface area (Å²) in [5.74, 6) is -2.06. The van der Waals surface area contributed by atoms with Gasteiger partial charge in [-0.3, -0.25) is 0 Å². The summed E-state index contributed by atoms with van der Waals surface area (Å²) >= 11 is 0. The van der Waals surface area contributed by atoms with E-state index >= 15 is 0 Å². The molecular weight excluding hydrogens is 240 g/mol. The average Bonchev–Trinajstić information content (AvgIpc) is 2.26. The Hall–Kier alpha value is -1.85. The van der Waals surface area contributed by atoms with Crippen molar-refractivity contribution in [2.45, 2.75) is 6.18 Å². The van der Waals surface area contributed by atoms with Crippen molar-refractivity contribution < 1.29 is 27.1 Å². The van der Waals surface area contributed by atoms with Gasteiger partial charge in [0, 0.05) is 6.08 Å². The fourth-order valence-corrected chi connectivity index (χ4v) is 1.10. The van der Waals surface area contributed by atoms with Crippen molar-refractivity contribution >= 4 is 12.0 Å². The van der Waals surface area contributed by atoms with Crippen molar-refractivity contribution in [2.75, 3.05) is 7.11 Å². The van der Waals surface area contributed by atoms with Crippen molar-refractivity contribution in [2.24, 2.45) is 0 Å². The fourth-order valence-electron chi connectivity index (χ4n) is 1.10. The van der Waals surface area contributed by atoms with E-state index in [0.29, 0.717) is 12.1 Å². The number of benzene rings is 1. The van der Waals surface area contributed by atoms with Gasteiger partial charge in [-0.05, 0) is 23.8 Å². The van der Waals surface area contributed by atoms with Gasteiger partial charge in [0.05, 0.1) is 12.7 Å². The predicted molar refractivity (Wildman–Crippen MR) is 52.5 cm³/mol. The van der Waals surface area contributed by atoms with Gasteiger partial charge >= 0.3 is 12.1 Å². The van der Waals surface area contributed by atoms with Gasteiger partial charge in [0.15, 0.2) is 0 Å². The molecule has 6 heteroatoms. The lowest BCUT2D eigenvalue weighted by atomic mass is 10.1. The fraction of sp³-hybridized carbons (Fsp3) is 0.182. The van der Waals surface area contributed by atoms with Crippen LogP contribution in [0.3, 0.4) is 0 Å². The number of alkyl halides is 3. The van der Waals surface area contributed by atoms with E-state index in [9.17, 15) is 22.4 Å². The topological polar surface area (TPSA) is 26.3 Å². The van der Waals surface area contributed by atoms with Crippen LogP contribution >= 0.6 is 0 Å². The summed E-state index contributed by atoms with van der Waals surface area (Å²) in [6, 6.07) is 2.44. The van der Waals surface area contributed by atoms with Crippen LogP contribution in [0.4, 0.5) is 17.6 Å². The molecule has 0 spiro atoms. The molecule has 0 aliphatic heterocycles. The molecule has 1 aromatic rings. The molecule has 0 heterocycles. The average molecular weight is 248 g/mol. The van der Waals surface area contributed by atoms with Gasteiger partial charge in [-0.2, -0.15) is 13.2 Å². The number of rotatable bonds is 2. The molecule has 1 rings (SSSR count). The number of esters is 1. The first-order valence-corrected chi connectivity index (χ1v) is 4.47. The van der Waals surface area contributed by atoms with E-state index in [1.807, 2.05) is 0 Å². The Kier molecular flexibility index (Phi) is 3.88. The van der Waals surface area contributed by atoms with E-state index in [0.717, 1.165) is 25.3 Å². The molecule has 0 atom stereocenters. The Morgan fingerprint density at radius 3 is 2.53 bits per heavy atom. The summed E-state index contributed by atoms with van der Waals surface area (Å²) < 4.78 is 54.2. The van der Waals surface area contributed by atoms with Crippen LogP contribution in [0.2, 0.25) is 0 Å². The molecule has 0 unspecified atom stereocenters. The van der Waals surface area contributed by atoms with E-state index in [-0.39, 0.29) is 5.56 Å². The van der Waals surface area contributed by atoms with Gasteiger partial charge in [0.25, 0.3) is 0 Å². The van der Waals surface area contributed by atoms with Crippen LogP contribution in [0.15, 0.2) is 24.3 Å². The third-order valence-electron chi connectivity index (χ3n) is 1.91. The van der Waals surface area contributed by atoms with Crippen LogP contribution in [0, 0.1) is 5.82 Å². The molecule has 0 N–H and O–H groups in total. The lowest BCUT2D eigenvalue weighted by molar-refractivity contribution is -0.140. The molecule has 0 radical (unpaired) electrons. The number of hydrogen-bond donors (Lipinski definition) is 0. The molecule has 0 aromatic heterocycles. The summed E-state index contributed by atoms with van der Waals surface area (Å²) in [6.07, 6.45) is -2.70. The predicted octanol–water partition coefficient (Wildman–Crippen LogP) is 3.03. The normalized spacial score (nSPS) is 11.8. The zero-order valence-electron chi connectivity index (χ0n) is 8.72. The van der Waals surface area contributed by atoms with E-state index in [1.165, 1.54) is 0 Å². The minimum Gasteiger partial charge on any atom is -0.466 e. The zero-order valence-corrected chi connectivity index (χ0v) is 8.72. The zero-order chi connectivity index (χ0) is 13.1. The highest BCUT2D eigenvalue weighted by molar-refractivity contribution is 5.86. The summed E-state index contributed by atoms with van der Waals surface area (Å²) in [4.78, 5) is 10.7. The van der Waals surface area contributed by atoms with Gasteiger partial charge in [-0.1, -0.05) is 6.07 Å². The molecule has 0 bridgehead atoms. The Labute approximate surface area is 94.5 Å². The third kappa shape index (κ3) is 3.58. The molecule has 0 fully saturated rings. The van der Waals surface area contributed by atoms with Crippen molar-refractivity contribution in [3.63, 3.8) is 0 Å². The molecule has 17 heavy (non-hydrogen) atoms. The maximum atomic E-state index is 12.9. The maximum absolute atomic E-state index is 12.9. The maximum Gasteiger partial charge on any atom is 0.419 e. The Morgan fingerprint density at radius 1 is 1.35 bits per heavy atom. The second kappa shape index (κ2) is 4.99. The van der Waals surface area contributed by atoms with Crippen LogP contribution in [0.25, 0.3) is 6.08 Å². The van der Waals surface area contributed by atoms with Crippen LogP contribution < -0.4 is 0 Å². The first-order chi connectivity index (χ1) is 7.84. The van der Waals surface area contributed by atoms with Crippen molar-refractivity contribution in [3.05, 3.63) is 41.2 Å². The Balaban J connectivity index is 3.05. The highest BCUT2D eigenvalue weighted by Gasteiger charge is 2.33. The van der Waals surface area contributed by atoms with Crippen LogP contribution in [-0.2, 0) is 15.7 Å². The number of ether oxygens (including phenoxy) is 1. The number of methoxy groups -OCH3 is 1. The number of halogens is 4. The van der Waals surface area contributed by atoms with E-state index in [2.05, 4.69) is 4.74 Å². The van der Waals surface area contributed by atoms with Crippen LogP contribution in [-0.4, -0.2) is 13.1 Å². The minimum absolute atomic E-state index is 0.0594. The van der Waals surface area contributed by atoms with E-state index in [4.69, 9.17) is 0 Å². The molecule has 0 aliphatic rings. The Bertz CT molecular complexity index is 449. The summed E-state index contributed by atoms with van der Waals surface area (Å²) in [7, 11) is 1.14. The number of carbonyl (C=O) groups is 1. The second-order valence-electron chi connectivity index (χ2n) is 3.09. The van der Waals surface area contributed by atoms with Gasteiger partial charge < -0.3 is 4.74 Å². The quantitative estimate of drug-likeness (QED) is 0.457. The van der Waals surface area contributed by atoms with Gasteiger partial charge in [-0.25, -0.2) is 9.18 Å². The SMILES string of the molecule is COC(=O)C=Cc1ccc(F)c(C(F)(F)F)c1. The van der Waals surface area contributed by atoms with Crippen molar-refractivity contribution in [1.82, 2.24) is 0 Å². The molecule has 0 saturated carbocycles. The summed E-state index contributed by atoms with van der Waals surface area (Å²) in [6.45, 7) is 0. The summed E-state index contributed by atoms with van der Waals surface area (Å²) in [5, 5.41) is 0. The van der Waals surface area contributed by atoms with E-state index < -0.39 is 23.5 Å². The lowest BCUT2D eigenvalue weighted by Crippen LogP contribution is -2.08. The van der Waals surface area contributed by atoms with Gasteiger partial charge in [-0.15, -0.1) is 0 Å². The highest BCUT2D eigenvalue weighted by atomic mass is 19.4. The minimum atomic E-state index is -4.76. The lowest BCUT2D eigenvalue weighted by Gasteiger charge is -2.08. The molecule has 0 amide bonds. The molecular formula is C11H8F4O2. The second-order valence-corrected chi connectivity index (χ2v) is 3.09.